The van der Waals surface area contributed by atoms with Gasteiger partial charge in [-0.1, -0.05) is 24.3 Å². The van der Waals surface area contributed by atoms with Gasteiger partial charge in [-0.3, -0.25) is 0 Å². The Bertz CT molecular complexity index is 353. The maximum Gasteiger partial charge on any atom is -0.00489 e. The van der Waals surface area contributed by atoms with E-state index in [9.17, 15) is 0 Å². The number of fused-ring (bicyclic) bond motifs is 1. The third-order valence-corrected chi connectivity index (χ3v) is 4.75. The molecule has 2 heteroatoms. The summed E-state index contributed by atoms with van der Waals surface area (Å²) in [7, 11) is 0. The van der Waals surface area contributed by atoms with Crippen molar-refractivity contribution in [3.8, 4) is 0 Å². The van der Waals surface area contributed by atoms with Gasteiger partial charge < -0.3 is 5.73 Å². The zero-order valence-corrected chi connectivity index (χ0v) is 11.1. The quantitative estimate of drug-likeness (QED) is 0.814. The van der Waals surface area contributed by atoms with Crippen LogP contribution >= 0.6 is 12.4 Å². The van der Waals surface area contributed by atoms with E-state index >= 15 is 0 Å². The number of hydrogen-bond donors (Lipinski definition) is 1. The zero-order chi connectivity index (χ0) is 11.0. The van der Waals surface area contributed by atoms with Crippen molar-refractivity contribution in [1.29, 1.82) is 0 Å². The highest BCUT2D eigenvalue weighted by atomic mass is 35.5. The molecule has 1 fully saturated rings. The fourth-order valence-electron chi connectivity index (χ4n) is 3.65. The highest BCUT2D eigenvalue weighted by molar-refractivity contribution is 5.85. The van der Waals surface area contributed by atoms with E-state index in [1.165, 1.54) is 38.5 Å². The molecule has 1 spiro atoms. The minimum absolute atomic E-state index is 0. The third-order valence-electron chi connectivity index (χ3n) is 4.75. The summed E-state index contributed by atoms with van der Waals surface area (Å²) in [6.45, 7) is 0.892. The molecule has 0 bridgehead atoms. The Labute approximate surface area is 110 Å². The Morgan fingerprint density at radius 1 is 1.06 bits per heavy atom. The van der Waals surface area contributed by atoms with Crippen molar-refractivity contribution < 1.29 is 0 Å². The molecule has 0 atom stereocenters. The van der Waals surface area contributed by atoms with Crippen LogP contribution in [0.1, 0.15) is 36.8 Å². The van der Waals surface area contributed by atoms with E-state index in [4.69, 9.17) is 5.73 Å². The molecule has 2 N–H and O–H groups in total. The van der Waals surface area contributed by atoms with Gasteiger partial charge in [0.2, 0.25) is 0 Å². The second-order valence-electron chi connectivity index (χ2n) is 5.80. The van der Waals surface area contributed by atoms with Crippen molar-refractivity contribution in [3.05, 3.63) is 35.4 Å². The van der Waals surface area contributed by atoms with E-state index in [2.05, 4.69) is 24.3 Å². The fourth-order valence-corrected chi connectivity index (χ4v) is 3.65. The number of rotatable bonds is 1. The second kappa shape index (κ2) is 4.99. The number of hydrogen-bond acceptors (Lipinski definition) is 1. The lowest BCUT2D eigenvalue weighted by Gasteiger charge is -2.37. The molecule has 0 amide bonds. The smallest absolute Gasteiger partial charge is 0.00489 e. The van der Waals surface area contributed by atoms with E-state index in [0.29, 0.717) is 5.41 Å². The highest BCUT2D eigenvalue weighted by Crippen LogP contribution is 2.48. The number of halogens is 1. The summed E-state index contributed by atoms with van der Waals surface area (Å²) in [5, 5.41) is 0. The lowest BCUT2D eigenvalue weighted by Crippen LogP contribution is -2.30. The maximum atomic E-state index is 5.77. The molecule has 1 aromatic rings. The predicted molar refractivity (Wildman–Crippen MR) is 74.5 cm³/mol. The molecule has 17 heavy (non-hydrogen) atoms. The van der Waals surface area contributed by atoms with E-state index in [1.807, 2.05) is 0 Å². The van der Waals surface area contributed by atoms with E-state index < -0.39 is 0 Å². The lowest BCUT2D eigenvalue weighted by atomic mass is 9.69. The van der Waals surface area contributed by atoms with Crippen LogP contribution < -0.4 is 5.73 Å². The molecule has 0 heterocycles. The topological polar surface area (TPSA) is 26.0 Å². The Balaban J connectivity index is 0.00000108. The number of benzene rings is 1. The van der Waals surface area contributed by atoms with Crippen LogP contribution in [0.25, 0.3) is 0 Å². The van der Waals surface area contributed by atoms with Crippen LogP contribution in [0.15, 0.2) is 24.3 Å². The predicted octanol–water partition coefficient (Wildman–Crippen LogP) is 3.34. The van der Waals surface area contributed by atoms with Crippen LogP contribution in [-0.2, 0) is 12.8 Å². The highest BCUT2D eigenvalue weighted by Gasteiger charge is 2.39. The monoisotopic (exact) mass is 251 g/mol. The summed E-state index contributed by atoms with van der Waals surface area (Å²) in [5.41, 5.74) is 9.59. The summed E-state index contributed by atoms with van der Waals surface area (Å²) >= 11 is 0. The summed E-state index contributed by atoms with van der Waals surface area (Å²) in [6.07, 6.45) is 8.13. The summed E-state index contributed by atoms with van der Waals surface area (Å²) < 4.78 is 0. The average molecular weight is 252 g/mol. The molecule has 0 saturated heterocycles. The van der Waals surface area contributed by atoms with Gasteiger partial charge in [0.15, 0.2) is 0 Å². The summed E-state index contributed by atoms with van der Waals surface area (Å²) in [4.78, 5) is 0. The molecule has 94 valence electrons. The first kappa shape index (κ1) is 12.9. The van der Waals surface area contributed by atoms with E-state index in [-0.39, 0.29) is 12.4 Å². The van der Waals surface area contributed by atoms with Gasteiger partial charge in [0.05, 0.1) is 0 Å². The number of nitrogens with two attached hydrogens (primary N) is 1. The minimum Gasteiger partial charge on any atom is -0.330 e. The van der Waals surface area contributed by atoms with E-state index in [1.54, 1.807) is 11.1 Å². The summed E-state index contributed by atoms with van der Waals surface area (Å²) in [5.74, 6) is 0.800. The Hall–Kier alpha value is -0.530. The largest absolute Gasteiger partial charge is 0.330 e. The van der Waals surface area contributed by atoms with Gasteiger partial charge in [-0.15, -0.1) is 12.4 Å². The van der Waals surface area contributed by atoms with Gasteiger partial charge in [0.1, 0.15) is 0 Å². The maximum absolute atomic E-state index is 5.77. The third kappa shape index (κ3) is 2.36. The molecular weight excluding hydrogens is 230 g/mol. The molecule has 1 saturated carbocycles. The molecule has 0 aliphatic heterocycles. The van der Waals surface area contributed by atoms with Crippen molar-refractivity contribution in [2.45, 2.75) is 38.5 Å². The first-order chi connectivity index (χ1) is 7.81. The standard InChI is InChI=1S/C15H21N.ClH/c16-11-12-5-7-15(8-6-12)9-13-3-1-2-4-14(13)10-15;/h1-4,12H,5-11,16H2;1H. The van der Waals surface area contributed by atoms with Crippen LogP contribution in [0, 0.1) is 11.3 Å². The SMILES string of the molecule is Cl.NCC1CCC2(CC1)Cc1ccccc1C2. The van der Waals surface area contributed by atoms with Gasteiger partial charge in [-0.25, -0.2) is 0 Å². The van der Waals surface area contributed by atoms with Crippen molar-refractivity contribution in [3.63, 3.8) is 0 Å². The van der Waals surface area contributed by atoms with Crippen LogP contribution in [0.2, 0.25) is 0 Å². The zero-order valence-electron chi connectivity index (χ0n) is 10.3. The van der Waals surface area contributed by atoms with Crippen molar-refractivity contribution in [2.24, 2.45) is 17.1 Å². The van der Waals surface area contributed by atoms with Crippen molar-refractivity contribution in [1.82, 2.24) is 0 Å². The van der Waals surface area contributed by atoms with Gasteiger partial charge in [0.25, 0.3) is 0 Å². The van der Waals surface area contributed by atoms with Crippen LogP contribution in [-0.4, -0.2) is 6.54 Å². The molecular formula is C15H22ClN. The Morgan fingerprint density at radius 3 is 2.06 bits per heavy atom. The van der Waals surface area contributed by atoms with Gasteiger partial charge in [0, 0.05) is 0 Å². The molecule has 1 nitrogen and oxygen atoms in total. The minimum atomic E-state index is 0. The van der Waals surface area contributed by atoms with Crippen LogP contribution in [0.5, 0.6) is 0 Å². The average Bonchev–Trinajstić information content (AvgIpc) is 2.68. The Morgan fingerprint density at radius 2 is 1.59 bits per heavy atom. The molecule has 0 aromatic heterocycles. The molecule has 3 rings (SSSR count). The molecule has 1 aromatic carbocycles. The van der Waals surface area contributed by atoms with Gasteiger partial charge >= 0.3 is 0 Å². The van der Waals surface area contributed by atoms with Crippen LogP contribution in [0.4, 0.5) is 0 Å². The molecule has 0 unspecified atom stereocenters. The van der Waals surface area contributed by atoms with Gasteiger partial charge in [-0.05, 0) is 67.5 Å². The van der Waals surface area contributed by atoms with Gasteiger partial charge in [-0.2, -0.15) is 0 Å². The van der Waals surface area contributed by atoms with Crippen LogP contribution in [0.3, 0.4) is 0 Å². The molecule has 2 aliphatic rings. The molecule has 2 aliphatic carbocycles. The van der Waals surface area contributed by atoms with Crippen molar-refractivity contribution in [2.75, 3.05) is 6.54 Å². The van der Waals surface area contributed by atoms with E-state index in [0.717, 1.165) is 12.5 Å². The lowest BCUT2D eigenvalue weighted by molar-refractivity contribution is 0.162. The van der Waals surface area contributed by atoms with Crippen molar-refractivity contribution >= 4 is 12.4 Å². The first-order valence-corrected chi connectivity index (χ1v) is 6.58. The normalized spacial score (nSPS) is 22.2. The second-order valence-corrected chi connectivity index (χ2v) is 5.80. The first-order valence-electron chi connectivity index (χ1n) is 6.58. The summed E-state index contributed by atoms with van der Waals surface area (Å²) in [6, 6.07) is 9.00. The molecule has 0 radical (unpaired) electrons. The fraction of sp³-hybridized carbons (Fsp3) is 0.600. The Kier molecular flexibility index (Phi) is 3.79.